The molecule has 1 fully saturated rings. The summed E-state index contributed by atoms with van der Waals surface area (Å²) in [6.45, 7) is 1.04. The number of nitrogens with zero attached hydrogens (tertiary/aromatic N) is 6. The molecule has 1 N–H and O–H groups in total. The molecule has 3 aromatic rings. The summed E-state index contributed by atoms with van der Waals surface area (Å²) in [6, 6.07) is 5.31. The SMILES string of the molecule is O=C(O)c1cn(CC2CCCN2C(=O)c2cccc3nccnc23)nn1. The molecule has 132 valence electrons. The van der Waals surface area contributed by atoms with Crippen LogP contribution in [0.3, 0.4) is 0 Å². The van der Waals surface area contributed by atoms with Crippen LogP contribution < -0.4 is 0 Å². The minimum Gasteiger partial charge on any atom is -0.476 e. The summed E-state index contributed by atoms with van der Waals surface area (Å²) in [6.07, 6.45) is 6.26. The molecule has 0 saturated carbocycles. The molecule has 1 atom stereocenters. The van der Waals surface area contributed by atoms with Gasteiger partial charge in [-0.15, -0.1) is 5.10 Å². The van der Waals surface area contributed by atoms with Crippen molar-refractivity contribution in [2.24, 2.45) is 0 Å². The van der Waals surface area contributed by atoms with Gasteiger partial charge in [-0.1, -0.05) is 11.3 Å². The lowest BCUT2D eigenvalue weighted by Crippen LogP contribution is -2.38. The Kier molecular flexibility index (Phi) is 4.04. The standard InChI is InChI=1S/C17H16N6O3/c24-16(12-4-1-5-13-15(12)19-7-6-18-13)23-8-2-3-11(23)9-22-10-14(17(25)26)20-21-22/h1,4-7,10-11H,2-3,8-9H2,(H,25,26). The van der Waals surface area contributed by atoms with E-state index in [9.17, 15) is 9.59 Å². The highest BCUT2D eigenvalue weighted by atomic mass is 16.4. The molecule has 1 aromatic carbocycles. The summed E-state index contributed by atoms with van der Waals surface area (Å²) in [4.78, 5) is 34.4. The van der Waals surface area contributed by atoms with Crippen molar-refractivity contribution in [3.05, 3.63) is 48.0 Å². The number of aromatic carboxylic acids is 1. The average Bonchev–Trinajstić information content (AvgIpc) is 3.31. The van der Waals surface area contributed by atoms with Gasteiger partial charge in [-0.25, -0.2) is 9.48 Å². The van der Waals surface area contributed by atoms with Gasteiger partial charge < -0.3 is 10.0 Å². The van der Waals surface area contributed by atoms with Crippen LogP contribution in [0.15, 0.2) is 36.8 Å². The first-order valence-corrected chi connectivity index (χ1v) is 8.27. The maximum atomic E-state index is 13.1. The Balaban J connectivity index is 1.59. The topological polar surface area (TPSA) is 114 Å². The molecule has 0 bridgehead atoms. The van der Waals surface area contributed by atoms with E-state index in [0.717, 1.165) is 12.8 Å². The van der Waals surface area contributed by atoms with Crippen LogP contribution in [0, 0.1) is 0 Å². The van der Waals surface area contributed by atoms with Gasteiger partial charge in [0.05, 0.1) is 29.9 Å². The van der Waals surface area contributed by atoms with Crippen LogP contribution in [0.25, 0.3) is 11.0 Å². The number of carbonyl (C=O) groups is 2. The molecule has 0 radical (unpaired) electrons. The molecule has 1 amide bonds. The molecule has 1 aliphatic rings. The van der Waals surface area contributed by atoms with E-state index in [1.807, 2.05) is 6.07 Å². The average molecular weight is 352 g/mol. The molecule has 9 nitrogen and oxygen atoms in total. The largest absolute Gasteiger partial charge is 0.476 e. The highest BCUT2D eigenvalue weighted by Gasteiger charge is 2.31. The number of hydrogen-bond donors (Lipinski definition) is 1. The Morgan fingerprint density at radius 2 is 2.08 bits per heavy atom. The first-order chi connectivity index (χ1) is 12.6. The molecule has 1 saturated heterocycles. The third kappa shape index (κ3) is 2.87. The fourth-order valence-corrected chi connectivity index (χ4v) is 3.31. The molecule has 0 aliphatic carbocycles. The number of para-hydroxylation sites is 1. The first kappa shape index (κ1) is 16.1. The number of carbonyl (C=O) groups excluding carboxylic acids is 1. The van der Waals surface area contributed by atoms with Crippen molar-refractivity contribution in [3.8, 4) is 0 Å². The van der Waals surface area contributed by atoms with Crippen molar-refractivity contribution in [1.29, 1.82) is 0 Å². The minimum atomic E-state index is -1.12. The van der Waals surface area contributed by atoms with Gasteiger partial charge in [0.15, 0.2) is 5.69 Å². The summed E-state index contributed by atoms with van der Waals surface area (Å²) in [5.74, 6) is -1.22. The lowest BCUT2D eigenvalue weighted by molar-refractivity contribution is 0.0686. The quantitative estimate of drug-likeness (QED) is 0.751. The zero-order chi connectivity index (χ0) is 18.1. The highest BCUT2D eigenvalue weighted by Crippen LogP contribution is 2.24. The molecule has 2 aromatic heterocycles. The molecule has 1 unspecified atom stereocenters. The van der Waals surface area contributed by atoms with Crippen molar-refractivity contribution in [2.45, 2.75) is 25.4 Å². The zero-order valence-corrected chi connectivity index (χ0v) is 13.8. The highest BCUT2D eigenvalue weighted by molar-refractivity contribution is 6.04. The number of aromatic nitrogens is 5. The van der Waals surface area contributed by atoms with Gasteiger partial charge in [-0.05, 0) is 25.0 Å². The van der Waals surface area contributed by atoms with E-state index in [1.165, 1.54) is 10.9 Å². The molecule has 26 heavy (non-hydrogen) atoms. The molecule has 1 aliphatic heterocycles. The van der Waals surface area contributed by atoms with E-state index in [1.54, 1.807) is 29.4 Å². The minimum absolute atomic E-state index is 0.0715. The Bertz CT molecular complexity index is 980. The van der Waals surface area contributed by atoms with Crippen LogP contribution in [-0.2, 0) is 6.54 Å². The van der Waals surface area contributed by atoms with Gasteiger partial charge in [0.2, 0.25) is 0 Å². The normalized spacial score (nSPS) is 16.9. The summed E-state index contributed by atoms with van der Waals surface area (Å²) < 4.78 is 1.47. The van der Waals surface area contributed by atoms with Crippen LogP contribution in [0.5, 0.6) is 0 Å². The Morgan fingerprint density at radius 1 is 1.23 bits per heavy atom. The molecular formula is C17H16N6O3. The van der Waals surface area contributed by atoms with Gasteiger partial charge in [-0.2, -0.15) is 0 Å². The second-order valence-corrected chi connectivity index (χ2v) is 6.16. The molecular weight excluding hydrogens is 336 g/mol. The van der Waals surface area contributed by atoms with E-state index >= 15 is 0 Å². The van der Waals surface area contributed by atoms with Gasteiger partial charge >= 0.3 is 5.97 Å². The van der Waals surface area contributed by atoms with E-state index < -0.39 is 5.97 Å². The predicted octanol–water partition coefficient (Wildman–Crippen LogP) is 1.22. The van der Waals surface area contributed by atoms with E-state index in [-0.39, 0.29) is 17.6 Å². The number of rotatable bonds is 4. The third-order valence-corrected chi connectivity index (χ3v) is 4.52. The van der Waals surface area contributed by atoms with Crippen molar-refractivity contribution >= 4 is 22.9 Å². The number of carboxylic acid groups (broad SMARTS) is 1. The smallest absolute Gasteiger partial charge is 0.358 e. The molecule has 4 rings (SSSR count). The monoisotopic (exact) mass is 352 g/mol. The van der Waals surface area contributed by atoms with Gasteiger partial charge in [0.1, 0.15) is 5.52 Å². The molecule has 3 heterocycles. The van der Waals surface area contributed by atoms with E-state index in [2.05, 4.69) is 20.3 Å². The second kappa shape index (κ2) is 6.51. The van der Waals surface area contributed by atoms with Crippen LogP contribution in [0.2, 0.25) is 0 Å². The summed E-state index contributed by atoms with van der Waals surface area (Å²) >= 11 is 0. The molecule has 9 heteroatoms. The number of hydrogen-bond acceptors (Lipinski definition) is 6. The maximum absolute atomic E-state index is 13.1. The number of likely N-dealkylation sites (tertiary alicyclic amines) is 1. The van der Waals surface area contributed by atoms with Crippen molar-refractivity contribution < 1.29 is 14.7 Å². The fraction of sp³-hybridized carbons (Fsp3) is 0.294. The van der Waals surface area contributed by atoms with Crippen LogP contribution >= 0.6 is 0 Å². The number of fused-ring (bicyclic) bond motifs is 1. The van der Waals surface area contributed by atoms with Gasteiger partial charge in [0.25, 0.3) is 5.91 Å². The first-order valence-electron chi connectivity index (χ1n) is 8.27. The fourth-order valence-electron chi connectivity index (χ4n) is 3.31. The van der Waals surface area contributed by atoms with E-state index in [0.29, 0.717) is 29.7 Å². The summed E-state index contributed by atoms with van der Waals surface area (Å²) in [5, 5.41) is 16.4. The number of carboxylic acids is 1. The lowest BCUT2D eigenvalue weighted by atomic mass is 10.1. The lowest BCUT2D eigenvalue weighted by Gasteiger charge is -2.24. The Morgan fingerprint density at radius 3 is 2.88 bits per heavy atom. The van der Waals surface area contributed by atoms with Gasteiger partial charge in [-0.3, -0.25) is 14.8 Å². The van der Waals surface area contributed by atoms with Gasteiger partial charge in [0, 0.05) is 18.9 Å². The number of amides is 1. The van der Waals surface area contributed by atoms with Crippen LogP contribution in [-0.4, -0.2) is 59.4 Å². The summed E-state index contributed by atoms with van der Waals surface area (Å²) in [5.41, 5.74) is 1.67. The van der Waals surface area contributed by atoms with Crippen molar-refractivity contribution in [2.75, 3.05) is 6.54 Å². The van der Waals surface area contributed by atoms with E-state index in [4.69, 9.17) is 5.11 Å². The van der Waals surface area contributed by atoms with Crippen LogP contribution in [0.1, 0.15) is 33.7 Å². The Hall–Kier alpha value is -3.36. The van der Waals surface area contributed by atoms with Crippen molar-refractivity contribution in [1.82, 2.24) is 29.9 Å². The maximum Gasteiger partial charge on any atom is 0.358 e. The predicted molar refractivity (Wildman–Crippen MR) is 90.6 cm³/mol. The Labute approximate surface area is 148 Å². The zero-order valence-electron chi connectivity index (χ0n) is 13.8. The third-order valence-electron chi connectivity index (χ3n) is 4.52. The van der Waals surface area contributed by atoms with Crippen LogP contribution in [0.4, 0.5) is 0 Å². The molecule has 0 spiro atoms. The summed E-state index contributed by atoms with van der Waals surface area (Å²) in [7, 11) is 0. The number of benzene rings is 1. The second-order valence-electron chi connectivity index (χ2n) is 6.16. The van der Waals surface area contributed by atoms with Crippen molar-refractivity contribution in [3.63, 3.8) is 0 Å².